The molecule has 0 aromatic heterocycles. The molecular weight excluding hydrogens is 361 g/mol. The van der Waals surface area contributed by atoms with E-state index in [1.807, 2.05) is 0 Å². The van der Waals surface area contributed by atoms with Gasteiger partial charge in [0.05, 0.1) is 0 Å². The number of carbonyl (C=O) groups excluding carboxylic acids is 1. The topological polar surface area (TPSA) is 70.0 Å². The molecule has 8 heteroatoms. The van der Waals surface area contributed by atoms with Crippen molar-refractivity contribution in [1.82, 2.24) is 4.90 Å². The summed E-state index contributed by atoms with van der Waals surface area (Å²) in [5, 5.41) is 9.29. The van der Waals surface area contributed by atoms with Crippen molar-refractivity contribution in [2.24, 2.45) is 4.99 Å². The van der Waals surface area contributed by atoms with E-state index >= 15 is 0 Å². The molecule has 2 aromatic carbocycles. The van der Waals surface area contributed by atoms with Crippen LogP contribution in [0.5, 0.6) is 0 Å². The van der Waals surface area contributed by atoms with Gasteiger partial charge in [-0.25, -0.2) is 23.0 Å². The molecule has 1 N–H and O–H groups in total. The normalized spacial score (nSPS) is 16.6. The first kappa shape index (κ1) is 18.4. The number of amides is 1. The lowest BCUT2D eigenvalue weighted by molar-refractivity contribution is -0.144. The zero-order chi connectivity index (χ0) is 19.7. The predicted molar refractivity (Wildman–Crippen MR) is 91.2 cm³/mol. The molecule has 0 fully saturated rings. The third kappa shape index (κ3) is 3.59. The summed E-state index contributed by atoms with van der Waals surface area (Å²) in [5.74, 6) is -4.20. The SMILES string of the molecule is CC(C(=O)O)N1C(=O)/C(=C/c2ccc(F)cc2F)N=C1c1ccc(F)cc1. The second-order valence-electron chi connectivity index (χ2n) is 5.83. The van der Waals surface area contributed by atoms with E-state index in [0.29, 0.717) is 11.6 Å². The first-order valence-electron chi connectivity index (χ1n) is 7.85. The Labute approximate surface area is 152 Å². The standard InChI is InChI=1S/C19H13F3N2O3/c1-10(19(26)27)24-17(11-2-5-13(20)6-3-11)23-16(18(24)25)8-12-4-7-14(21)9-15(12)22/h2-10H,1H3,(H,26,27)/b16-8-. The molecule has 3 rings (SSSR count). The minimum atomic E-state index is -1.27. The van der Waals surface area contributed by atoms with E-state index in [0.717, 1.165) is 35.2 Å². The van der Waals surface area contributed by atoms with Crippen molar-refractivity contribution in [3.05, 3.63) is 76.7 Å². The molecule has 5 nitrogen and oxygen atoms in total. The second kappa shape index (κ2) is 7.06. The highest BCUT2D eigenvalue weighted by atomic mass is 19.1. The molecule has 138 valence electrons. The van der Waals surface area contributed by atoms with Crippen molar-refractivity contribution in [2.75, 3.05) is 0 Å². The monoisotopic (exact) mass is 374 g/mol. The molecule has 27 heavy (non-hydrogen) atoms. The van der Waals surface area contributed by atoms with E-state index in [1.165, 1.54) is 19.1 Å². The van der Waals surface area contributed by atoms with Crippen LogP contribution in [0.3, 0.4) is 0 Å². The average Bonchev–Trinajstić information content (AvgIpc) is 2.93. The van der Waals surface area contributed by atoms with Crippen LogP contribution < -0.4 is 0 Å². The Kier molecular flexibility index (Phi) is 4.81. The van der Waals surface area contributed by atoms with Gasteiger partial charge in [-0.2, -0.15) is 0 Å². The Morgan fingerprint density at radius 2 is 1.74 bits per heavy atom. The van der Waals surface area contributed by atoms with Crippen molar-refractivity contribution >= 4 is 23.8 Å². The maximum absolute atomic E-state index is 13.9. The third-order valence-electron chi connectivity index (χ3n) is 3.99. The quantitative estimate of drug-likeness (QED) is 0.836. The van der Waals surface area contributed by atoms with Crippen LogP contribution >= 0.6 is 0 Å². The van der Waals surface area contributed by atoms with Gasteiger partial charge in [0.2, 0.25) is 0 Å². The van der Waals surface area contributed by atoms with Gasteiger partial charge >= 0.3 is 5.97 Å². The van der Waals surface area contributed by atoms with Crippen LogP contribution in [-0.4, -0.2) is 33.8 Å². The molecular formula is C19H13F3N2O3. The minimum absolute atomic E-state index is 0.00340. The van der Waals surface area contributed by atoms with Gasteiger partial charge in [-0.05, 0) is 49.4 Å². The molecule has 1 heterocycles. The molecule has 1 atom stereocenters. The Morgan fingerprint density at radius 3 is 2.33 bits per heavy atom. The van der Waals surface area contributed by atoms with E-state index in [-0.39, 0.29) is 17.1 Å². The number of carboxylic acids is 1. The highest BCUT2D eigenvalue weighted by Gasteiger charge is 2.37. The van der Waals surface area contributed by atoms with Gasteiger partial charge in [0.1, 0.15) is 35.0 Å². The zero-order valence-corrected chi connectivity index (χ0v) is 14.0. The van der Waals surface area contributed by atoms with Crippen molar-refractivity contribution in [1.29, 1.82) is 0 Å². The molecule has 1 aliphatic heterocycles. The van der Waals surface area contributed by atoms with Gasteiger partial charge in [0.15, 0.2) is 0 Å². The molecule has 1 amide bonds. The van der Waals surface area contributed by atoms with Gasteiger partial charge in [-0.15, -0.1) is 0 Å². The van der Waals surface area contributed by atoms with Crippen LogP contribution in [0.4, 0.5) is 13.2 Å². The highest BCUT2D eigenvalue weighted by Crippen LogP contribution is 2.25. The molecule has 0 bridgehead atoms. The van der Waals surface area contributed by atoms with E-state index in [1.54, 1.807) is 0 Å². The fraction of sp³-hybridized carbons (Fsp3) is 0.105. The number of nitrogens with zero attached hydrogens (tertiary/aromatic N) is 2. The lowest BCUT2D eigenvalue weighted by Crippen LogP contribution is -2.44. The lowest BCUT2D eigenvalue weighted by atomic mass is 10.1. The number of hydrogen-bond acceptors (Lipinski definition) is 3. The van der Waals surface area contributed by atoms with Crippen LogP contribution in [0.15, 0.2) is 53.2 Å². The fourth-order valence-corrected chi connectivity index (χ4v) is 2.57. The number of halogens is 3. The van der Waals surface area contributed by atoms with Crippen molar-refractivity contribution < 1.29 is 27.9 Å². The zero-order valence-electron chi connectivity index (χ0n) is 14.0. The number of carbonyl (C=O) groups is 2. The first-order valence-corrected chi connectivity index (χ1v) is 7.85. The molecule has 0 saturated heterocycles. The summed E-state index contributed by atoms with van der Waals surface area (Å²) in [6, 6.07) is 6.56. The predicted octanol–water partition coefficient (Wildman–Crippen LogP) is 3.21. The van der Waals surface area contributed by atoms with Crippen molar-refractivity contribution in [3.8, 4) is 0 Å². The molecule has 0 radical (unpaired) electrons. The van der Waals surface area contributed by atoms with E-state index in [9.17, 15) is 27.9 Å². The average molecular weight is 374 g/mol. The maximum atomic E-state index is 13.9. The number of carboxylic acid groups (broad SMARTS) is 1. The summed E-state index contributed by atoms with van der Waals surface area (Å²) in [6.07, 6.45) is 1.11. The largest absolute Gasteiger partial charge is 0.480 e. The molecule has 0 saturated carbocycles. The number of hydrogen-bond donors (Lipinski definition) is 1. The number of aliphatic imine (C=N–C) groups is 1. The Balaban J connectivity index is 2.10. The van der Waals surface area contributed by atoms with Crippen LogP contribution in [0.25, 0.3) is 6.08 Å². The highest BCUT2D eigenvalue weighted by molar-refractivity contribution is 6.21. The van der Waals surface area contributed by atoms with Crippen LogP contribution in [0.2, 0.25) is 0 Å². The maximum Gasteiger partial charge on any atom is 0.326 e. The van der Waals surface area contributed by atoms with Crippen LogP contribution in [-0.2, 0) is 9.59 Å². The summed E-state index contributed by atoms with van der Waals surface area (Å²) < 4.78 is 40.1. The number of amidine groups is 1. The third-order valence-corrected chi connectivity index (χ3v) is 3.99. The summed E-state index contributed by atoms with van der Waals surface area (Å²) in [5.41, 5.74) is 0.0283. The molecule has 1 unspecified atom stereocenters. The number of aliphatic carboxylic acids is 1. The molecule has 0 aliphatic carbocycles. The Bertz CT molecular complexity index is 984. The fourth-order valence-electron chi connectivity index (χ4n) is 2.57. The van der Waals surface area contributed by atoms with Gasteiger partial charge in [-0.1, -0.05) is 0 Å². The minimum Gasteiger partial charge on any atom is -0.480 e. The van der Waals surface area contributed by atoms with Crippen LogP contribution in [0.1, 0.15) is 18.1 Å². The van der Waals surface area contributed by atoms with Crippen molar-refractivity contribution in [2.45, 2.75) is 13.0 Å². The Hall–Kier alpha value is -3.42. The summed E-state index contributed by atoms with van der Waals surface area (Å²) in [6.45, 7) is 1.29. The smallest absolute Gasteiger partial charge is 0.326 e. The number of rotatable bonds is 4. The van der Waals surface area contributed by atoms with Crippen molar-refractivity contribution in [3.63, 3.8) is 0 Å². The van der Waals surface area contributed by atoms with E-state index in [4.69, 9.17) is 0 Å². The molecule has 2 aromatic rings. The number of benzene rings is 2. The van der Waals surface area contributed by atoms with Gasteiger partial charge < -0.3 is 5.11 Å². The summed E-state index contributed by atoms with van der Waals surface area (Å²) >= 11 is 0. The first-order chi connectivity index (χ1) is 12.8. The summed E-state index contributed by atoms with van der Waals surface area (Å²) in [7, 11) is 0. The molecule has 0 spiro atoms. The van der Waals surface area contributed by atoms with Gasteiger partial charge in [0.25, 0.3) is 5.91 Å². The van der Waals surface area contributed by atoms with E-state index < -0.39 is 35.4 Å². The molecule has 1 aliphatic rings. The van der Waals surface area contributed by atoms with Gasteiger partial charge in [-0.3, -0.25) is 9.69 Å². The van der Waals surface area contributed by atoms with E-state index in [2.05, 4.69) is 4.99 Å². The second-order valence-corrected chi connectivity index (χ2v) is 5.83. The summed E-state index contributed by atoms with van der Waals surface area (Å²) in [4.78, 5) is 29.1. The van der Waals surface area contributed by atoms with Gasteiger partial charge in [0, 0.05) is 17.2 Å². The Morgan fingerprint density at radius 1 is 1.11 bits per heavy atom. The lowest BCUT2D eigenvalue weighted by Gasteiger charge is -2.22. The van der Waals surface area contributed by atoms with Crippen LogP contribution in [0, 0.1) is 17.5 Å².